The molecule has 0 amide bonds. The molecule has 4 rings (SSSR count). The maximum Gasteiger partial charge on any atom is 0.0236 e. The summed E-state index contributed by atoms with van der Waals surface area (Å²) in [4.78, 5) is 0. The highest BCUT2D eigenvalue weighted by molar-refractivity contribution is 5.12. The highest BCUT2D eigenvalue weighted by Crippen LogP contribution is 2.65. The molecular weight excluding hydrogens is 158 g/mol. The van der Waals surface area contributed by atoms with Gasteiger partial charge < -0.3 is 5.73 Å². The lowest BCUT2D eigenvalue weighted by atomic mass is 9.43. The normalized spacial score (nSPS) is 68.8. The predicted molar refractivity (Wildman–Crippen MR) is 54.3 cm³/mol. The third kappa shape index (κ3) is 1.09. The maximum atomic E-state index is 7.86. The van der Waals surface area contributed by atoms with Gasteiger partial charge in [0.15, 0.2) is 0 Å². The van der Waals surface area contributed by atoms with E-state index in [1.165, 1.54) is 6.42 Å². The molecular formula is C12H21N. The molecule has 0 aromatic heterocycles. The molecule has 1 heteroatoms. The Hall–Kier alpha value is -0.0400. The molecule has 4 atom stereocenters. The van der Waals surface area contributed by atoms with Crippen LogP contribution in [0.4, 0.5) is 0 Å². The molecule has 0 saturated heterocycles. The van der Waals surface area contributed by atoms with Crippen LogP contribution in [0.3, 0.4) is 0 Å². The van der Waals surface area contributed by atoms with Crippen molar-refractivity contribution in [3.63, 3.8) is 0 Å². The standard InChI is InChI=1S/C12H21N/c1-10-3-9-4-11(2,6-10)8-12(13,5-9)7-10/h9H,3-8,13H2,1-2H3/t9-,10+,11-,12-/i1D3/m1/s1. The van der Waals surface area contributed by atoms with Crippen molar-refractivity contribution >= 4 is 0 Å². The van der Waals surface area contributed by atoms with Gasteiger partial charge in [-0.05, 0) is 55.3 Å². The topological polar surface area (TPSA) is 26.0 Å². The van der Waals surface area contributed by atoms with E-state index < -0.39 is 12.3 Å². The Bertz CT molecular complexity index is 318. The number of hydrogen-bond donors (Lipinski definition) is 1. The van der Waals surface area contributed by atoms with E-state index in [0.29, 0.717) is 5.92 Å². The van der Waals surface area contributed by atoms with Gasteiger partial charge in [-0.25, -0.2) is 0 Å². The molecule has 4 aliphatic carbocycles. The zero-order valence-electron chi connectivity index (χ0n) is 11.4. The van der Waals surface area contributed by atoms with Crippen molar-refractivity contribution in [2.45, 2.75) is 57.8 Å². The monoisotopic (exact) mass is 182 g/mol. The van der Waals surface area contributed by atoms with Crippen LogP contribution >= 0.6 is 0 Å². The van der Waals surface area contributed by atoms with Gasteiger partial charge in [-0.2, -0.15) is 0 Å². The van der Waals surface area contributed by atoms with Crippen LogP contribution in [0.2, 0.25) is 0 Å². The highest BCUT2D eigenvalue weighted by atomic mass is 14.8. The minimum atomic E-state index is -1.82. The fourth-order valence-electron chi connectivity index (χ4n) is 5.00. The second-order valence-corrected chi connectivity index (χ2v) is 6.46. The summed E-state index contributed by atoms with van der Waals surface area (Å²) in [5.41, 5.74) is 5.99. The largest absolute Gasteiger partial charge is 0.325 e. The molecule has 74 valence electrons. The van der Waals surface area contributed by atoms with E-state index in [4.69, 9.17) is 9.85 Å². The van der Waals surface area contributed by atoms with Gasteiger partial charge in [-0.15, -0.1) is 0 Å². The molecule has 4 saturated carbocycles. The van der Waals surface area contributed by atoms with Crippen molar-refractivity contribution < 1.29 is 4.11 Å². The molecule has 1 nitrogen and oxygen atoms in total. The lowest BCUT2D eigenvalue weighted by Gasteiger charge is -2.64. The van der Waals surface area contributed by atoms with Gasteiger partial charge in [-0.3, -0.25) is 0 Å². The van der Waals surface area contributed by atoms with Gasteiger partial charge in [0.05, 0.1) is 0 Å². The first-order chi connectivity index (χ1) is 7.16. The predicted octanol–water partition coefficient (Wildman–Crippen LogP) is 2.69. The van der Waals surface area contributed by atoms with Crippen molar-refractivity contribution in [2.24, 2.45) is 22.5 Å². The van der Waals surface area contributed by atoms with E-state index >= 15 is 0 Å². The minimum absolute atomic E-state index is 0.178. The maximum absolute atomic E-state index is 7.86. The van der Waals surface area contributed by atoms with Crippen LogP contribution in [0.5, 0.6) is 0 Å². The van der Waals surface area contributed by atoms with Crippen molar-refractivity contribution in [1.82, 2.24) is 0 Å². The van der Waals surface area contributed by atoms with Gasteiger partial charge in [0.25, 0.3) is 0 Å². The van der Waals surface area contributed by atoms with Crippen molar-refractivity contribution in [3.05, 3.63) is 0 Å². The third-order valence-electron chi connectivity index (χ3n) is 4.39. The van der Waals surface area contributed by atoms with Crippen molar-refractivity contribution in [1.29, 1.82) is 0 Å². The van der Waals surface area contributed by atoms with Crippen molar-refractivity contribution in [3.8, 4) is 0 Å². The molecule has 2 N–H and O–H groups in total. The van der Waals surface area contributed by atoms with E-state index in [1.54, 1.807) is 0 Å². The summed E-state index contributed by atoms with van der Waals surface area (Å²) in [6.45, 7) is 0.429. The average Bonchev–Trinajstić information content (AvgIpc) is 1.92. The highest BCUT2D eigenvalue weighted by Gasteiger charge is 2.58. The first-order valence-electron chi connectivity index (χ1n) is 6.95. The Balaban J connectivity index is 2.05. The summed E-state index contributed by atoms with van der Waals surface area (Å²) in [6, 6.07) is 0. The third-order valence-corrected chi connectivity index (χ3v) is 4.39. The Morgan fingerprint density at radius 1 is 1.15 bits per heavy atom. The zero-order valence-corrected chi connectivity index (χ0v) is 8.40. The van der Waals surface area contributed by atoms with Crippen LogP contribution in [0, 0.1) is 16.7 Å². The molecule has 0 aromatic carbocycles. The fraction of sp³-hybridized carbons (Fsp3) is 1.00. The van der Waals surface area contributed by atoms with Gasteiger partial charge in [0, 0.05) is 9.65 Å². The van der Waals surface area contributed by atoms with Gasteiger partial charge >= 0.3 is 0 Å². The number of rotatable bonds is 0. The minimum Gasteiger partial charge on any atom is -0.325 e. The summed E-state index contributed by atoms with van der Waals surface area (Å²) in [7, 11) is 0. The summed E-state index contributed by atoms with van der Waals surface area (Å²) in [6.07, 6.45) is 5.77. The van der Waals surface area contributed by atoms with Crippen LogP contribution in [-0.2, 0) is 0 Å². The van der Waals surface area contributed by atoms with E-state index in [0.717, 1.165) is 32.1 Å². The van der Waals surface area contributed by atoms with Crippen LogP contribution in [0.25, 0.3) is 0 Å². The molecule has 4 bridgehead atoms. The summed E-state index contributed by atoms with van der Waals surface area (Å²) in [5.74, 6) is 0.562. The summed E-state index contributed by atoms with van der Waals surface area (Å²) >= 11 is 0. The Labute approximate surface area is 85.3 Å². The van der Waals surface area contributed by atoms with Crippen LogP contribution in [0.15, 0.2) is 0 Å². The van der Waals surface area contributed by atoms with Gasteiger partial charge in [0.2, 0.25) is 0 Å². The van der Waals surface area contributed by atoms with Crippen LogP contribution < -0.4 is 5.73 Å². The van der Waals surface area contributed by atoms with E-state index in [1.807, 2.05) is 0 Å². The number of hydrogen-bond acceptors (Lipinski definition) is 1. The van der Waals surface area contributed by atoms with Gasteiger partial charge in [-0.1, -0.05) is 13.8 Å². The Kier molecular flexibility index (Phi) is 0.874. The summed E-state index contributed by atoms with van der Waals surface area (Å²) in [5, 5.41) is 0. The molecule has 13 heavy (non-hydrogen) atoms. The fourth-order valence-corrected chi connectivity index (χ4v) is 5.00. The molecule has 0 unspecified atom stereocenters. The second kappa shape index (κ2) is 1.98. The quantitative estimate of drug-likeness (QED) is 0.612. The Morgan fingerprint density at radius 2 is 1.85 bits per heavy atom. The molecule has 0 aliphatic heterocycles. The lowest BCUT2D eigenvalue weighted by Crippen LogP contribution is -2.62. The molecule has 0 spiro atoms. The smallest absolute Gasteiger partial charge is 0.0236 e. The summed E-state index contributed by atoms with van der Waals surface area (Å²) < 4.78 is 23.6. The number of nitrogens with two attached hydrogens (primary N) is 1. The van der Waals surface area contributed by atoms with Gasteiger partial charge in [0.1, 0.15) is 0 Å². The molecule has 0 aromatic rings. The molecule has 4 aliphatic rings. The second-order valence-electron chi connectivity index (χ2n) is 6.46. The van der Waals surface area contributed by atoms with Crippen molar-refractivity contribution in [2.75, 3.05) is 0 Å². The molecule has 0 heterocycles. The molecule has 0 radical (unpaired) electrons. The Morgan fingerprint density at radius 3 is 2.46 bits per heavy atom. The molecule has 4 fully saturated rings. The SMILES string of the molecule is [2H]C([2H])([2H])[C@@]12C[C@@H]3C[C@@](C)(C[C@@](N)(C3)C1)C2. The first-order valence-corrected chi connectivity index (χ1v) is 5.45. The van der Waals surface area contributed by atoms with E-state index in [2.05, 4.69) is 6.92 Å². The lowest BCUT2D eigenvalue weighted by molar-refractivity contribution is -0.104. The van der Waals surface area contributed by atoms with E-state index in [-0.39, 0.29) is 11.0 Å². The average molecular weight is 182 g/mol. The van der Waals surface area contributed by atoms with Crippen LogP contribution in [0.1, 0.15) is 56.4 Å². The first kappa shape index (κ1) is 5.75. The van der Waals surface area contributed by atoms with E-state index in [9.17, 15) is 0 Å². The van der Waals surface area contributed by atoms with Crippen LogP contribution in [-0.4, -0.2) is 5.54 Å². The zero-order chi connectivity index (χ0) is 11.8.